The third kappa shape index (κ3) is 3.99. The molecule has 1 fully saturated rings. The fraction of sp³-hybridized carbons (Fsp3) is 0.444. The van der Waals surface area contributed by atoms with E-state index in [1.54, 1.807) is 0 Å². The van der Waals surface area contributed by atoms with Crippen molar-refractivity contribution in [2.45, 2.75) is 13.5 Å². The Morgan fingerprint density at radius 3 is 2.57 bits per heavy atom. The van der Waals surface area contributed by atoms with Gasteiger partial charge in [-0.1, -0.05) is 29.8 Å². The summed E-state index contributed by atoms with van der Waals surface area (Å²) in [5.41, 5.74) is 2.73. The molecular weight excluding hydrogens is 286 g/mol. The second-order valence-corrected chi connectivity index (χ2v) is 6.36. The van der Waals surface area contributed by atoms with Crippen LogP contribution in [0.3, 0.4) is 0 Å². The maximum Gasteiger partial charge on any atom is 0.226 e. The summed E-state index contributed by atoms with van der Waals surface area (Å²) in [4.78, 5) is 15.7. The van der Waals surface area contributed by atoms with Gasteiger partial charge in [0, 0.05) is 53.0 Å². The van der Waals surface area contributed by atoms with E-state index in [4.69, 9.17) is 0 Å². The van der Waals surface area contributed by atoms with Crippen molar-refractivity contribution < 1.29 is 0 Å². The van der Waals surface area contributed by atoms with Gasteiger partial charge in [0.05, 0.1) is 0 Å². The number of hydrogen-bond acceptors (Lipinski definition) is 5. The van der Waals surface area contributed by atoms with Crippen LogP contribution in [0.15, 0.2) is 36.5 Å². The Kier molecular flexibility index (Phi) is 4.76. The van der Waals surface area contributed by atoms with Crippen LogP contribution in [0.2, 0.25) is 0 Å². The lowest BCUT2D eigenvalue weighted by Gasteiger charge is -2.35. The number of benzene rings is 1. The van der Waals surface area contributed by atoms with Crippen molar-refractivity contribution in [1.29, 1.82) is 0 Å². The van der Waals surface area contributed by atoms with Gasteiger partial charge in [-0.15, -0.1) is 0 Å². The summed E-state index contributed by atoms with van der Waals surface area (Å²) >= 11 is 0. The molecule has 3 rings (SSSR count). The minimum Gasteiger partial charge on any atom is -0.354 e. The minimum absolute atomic E-state index is 0.768. The van der Waals surface area contributed by atoms with Crippen LogP contribution in [0.5, 0.6) is 0 Å². The molecule has 1 saturated heterocycles. The van der Waals surface area contributed by atoms with Gasteiger partial charge in [0.2, 0.25) is 5.95 Å². The van der Waals surface area contributed by atoms with Crippen molar-refractivity contribution >= 4 is 11.8 Å². The van der Waals surface area contributed by atoms with Gasteiger partial charge in [-0.2, -0.15) is 4.98 Å². The molecule has 0 aliphatic carbocycles. The van der Waals surface area contributed by atoms with Gasteiger partial charge < -0.3 is 9.80 Å². The van der Waals surface area contributed by atoms with Gasteiger partial charge in [-0.25, -0.2) is 4.98 Å². The largest absolute Gasteiger partial charge is 0.354 e. The molecule has 0 unspecified atom stereocenters. The first-order valence-electron chi connectivity index (χ1n) is 8.15. The summed E-state index contributed by atoms with van der Waals surface area (Å²) in [6.45, 7) is 7.33. The number of hydrogen-bond donors (Lipinski definition) is 0. The third-order valence-electron chi connectivity index (χ3n) is 4.21. The molecule has 0 radical (unpaired) electrons. The van der Waals surface area contributed by atoms with E-state index in [1.165, 1.54) is 11.1 Å². The van der Waals surface area contributed by atoms with Gasteiger partial charge in [0.25, 0.3) is 0 Å². The first-order chi connectivity index (χ1) is 11.1. The van der Waals surface area contributed by atoms with Gasteiger partial charge >= 0.3 is 0 Å². The quantitative estimate of drug-likeness (QED) is 0.865. The number of piperazine rings is 1. The van der Waals surface area contributed by atoms with Gasteiger partial charge in [0.15, 0.2) is 0 Å². The second kappa shape index (κ2) is 6.96. The Hall–Kier alpha value is -2.14. The molecule has 122 valence electrons. The molecule has 5 heteroatoms. The molecule has 0 bridgehead atoms. The highest BCUT2D eigenvalue weighted by Gasteiger charge is 2.18. The lowest BCUT2D eigenvalue weighted by molar-refractivity contribution is 0.249. The molecule has 0 saturated carbocycles. The standard InChI is InChI=1S/C18H25N5/c1-15-5-4-6-16(13-15)14-22-9-11-23(12-10-22)17-7-8-19-18(20-17)21(2)3/h4-8,13H,9-12,14H2,1-3H3. The van der Waals surface area contributed by atoms with Gasteiger partial charge in [-0.05, 0) is 18.6 Å². The van der Waals surface area contributed by atoms with Crippen LogP contribution in [0.25, 0.3) is 0 Å². The molecular formula is C18H25N5. The lowest BCUT2D eigenvalue weighted by Crippen LogP contribution is -2.46. The topological polar surface area (TPSA) is 35.5 Å². The zero-order valence-electron chi connectivity index (χ0n) is 14.2. The predicted octanol–water partition coefficient (Wildman–Crippen LogP) is 2.17. The maximum atomic E-state index is 4.64. The van der Waals surface area contributed by atoms with Crippen LogP contribution in [0.4, 0.5) is 11.8 Å². The molecule has 1 aliphatic rings. The zero-order valence-corrected chi connectivity index (χ0v) is 14.2. The average Bonchev–Trinajstić information content (AvgIpc) is 2.56. The molecule has 5 nitrogen and oxygen atoms in total. The Balaban J connectivity index is 1.59. The van der Waals surface area contributed by atoms with Crippen molar-refractivity contribution in [2.75, 3.05) is 50.1 Å². The number of anilines is 2. The van der Waals surface area contributed by atoms with Crippen LogP contribution in [-0.2, 0) is 6.54 Å². The predicted molar refractivity (Wildman–Crippen MR) is 95.0 cm³/mol. The molecule has 1 aromatic carbocycles. The molecule has 0 atom stereocenters. The van der Waals surface area contributed by atoms with Crippen LogP contribution in [0.1, 0.15) is 11.1 Å². The number of rotatable bonds is 4. The summed E-state index contributed by atoms with van der Waals surface area (Å²) < 4.78 is 0. The number of nitrogens with zero attached hydrogens (tertiary/aromatic N) is 5. The summed E-state index contributed by atoms with van der Waals surface area (Å²) in [5, 5.41) is 0. The highest BCUT2D eigenvalue weighted by atomic mass is 15.3. The fourth-order valence-electron chi connectivity index (χ4n) is 2.93. The summed E-state index contributed by atoms with van der Waals surface area (Å²) in [7, 11) is 3.94. The van der Waals surface area contributed by atoms with Crippen molar-refractivity contribution in [3.63, 3.8) is 0 Å². The minimum atomic E-state index is 0.768. The van der Waals surface area contributed by atoms with E-state index in [2.05, 4.69) is 51.0 Å². The van der Waals surface area contributed by atoms with Crippen LogP contribution in [0, 0.1) is 6.92 Å². The molecule has 0 N–H and O–H groups in total. The Bertz CT molecular complexity index is 647. The first-order valence-corrected chi connectivity index (χ1v) is 8.15. The van der Waals surface area contributed by atoms with E-state index < -0.39 is 0 Å². The summed E-state index contributed by atoms with van der Waals surface area (Å²) in [5.74, 6) is 1.79. The van der Waals surface area contributed by atoms with Crippen molar-refractivity contribution in [2.24, 2.45) is 0 Å². The van der Waals surface area contributed by atoms with Crippen LogP contribution >= 0.6 is 0 Å². The third-order valence-corrected chi connectivity index (χ3v) is 4.21. The SMILES string of the molecule is Cc1cccc(CN2CCN(c3ccnc(N(C)C)n3)CC2)c1. The lowest BCUT2D eigenvalue weighted by atomic mass is 10.1. The Morgan fingerprint density at radius 1 is 1.09 bits per heavy atom. The van der Waals surface area contributed by atoms with E-state index in [0.29, 0.717) is 0 Å². The highest BCUT2D eigenvalue weighted by molar-refractivity contribution is 5.43. The van der Waals surface area contributed by atoms with E-state index in [0.717, 1.165) is 44.5 Å². The fourth-order valence-corrected chi connectivity index (χ4v) is 2.93. The van der Waals surface area contributed by atoms with E-state index in [9.17, 15) is 0 Å². The summed E-state index contributed by atoms with van der Waals surface area (Å²) in [6.07, 6.45) is 1.84. The van der Waals surface area contributed by atoms with Crippen molar-refractivity contribution in [1.82, 2.24) is 14.9 Å². The van der Waals surface area contributed by atoms with Crippen molar-refractivity contribution in [3.05, 3.63) is 47.7 Å². The zero-order chi connectivity index (χ0) is 16.2. The van der Waals surface area contributed by atoms with Crippen LogP contribution in [-0.4, -0.2) is 55.1 Å². The maximum absolute atomic E-state index is 4.64. The second-order valence-electron chi connectivity index (χ2n) is 6.36. The van der Waals surface area contributed by atoms with Crippen LogP contribution < -0.4 is 9.80 Å². The first kappa shape index (κ1) is 15.7. The molecule has 2 heterocycles. The van der Waals surface area contributed by atoms with E-state index >= 15 is 0 Å². The smallest absolute Gasteiger partial charge is 0.226 e. The molecule has 1 aliphatic heterocycles. The normalized spacial score (nSPS) is 15.7. The van der Waals surface area contributed by atoms with Gasteiger partial charge in [0.1, 0.15) is 5.82 Å². The number of aryl methyl sites for hydroxylation is 1. The monoisotopic (exact) mass is 311 g/mol. The highest BCUT2D eigenvalue weighted by Crippen LogP contribution is 2.17. The van der Waals surface area contributed by atoms with E-state index in [-0.39, 0.29) is 0 Å². The molecule has 0 spiro atoms. The average molecular weight is 311 g/mol. The molecule has 1 aromatic heterocycles. The molecule has 0 amide bonds. The Morgan fingerprint density at radius 2 is 1.87 bits per heavy atom. The van der Waals surface area contributed by atoms with Crippen molar-refractivity contribution in [3.8, 4) is 0 Å². The summed E-state index contributed by atoms with van der Waals surface area (Å²) in [6, 6.07) is 10.8. The molecule has 2 aromatic rings. The Labute approximate surface area is 138 Å². The molecule has 23 heavy (non-hydrogen) atoms. The van der Waals surface area contributed by atoms with E-state index in [1.807, 2.05) is 31.3 Å². The van der Waals surface area contributed by atoms with Gasteiger partial charge in [-0.3, -0.25) is 4.90 Å². The number of aromatic nitrogens is 2.